The highest BCUT2D eigenvalue weighted by molar-refractivity contribution is 5.82. The molecule has 2 heteroatoms. The number of benzene rings is 1. The molecule has 1 unspecified atom stereocenters. The van der Waals surface area contributed by atoms with E-state index >= 15 is 0 Å². The maximum absolute atomic E-state index is 10.3. The molecule has 0 radical (unpaired) electrons. The summed E-state index contributed by atoms with van der Waals surface area (Å²) in [6.45, 7) is 2.04. The molecule has 1 fully saturated rings. The first-order chi connectivity index (χ1) is 9.74. The maximum atomic E-state index is 10.3. The first-order valence-corrected chi connectivity index (χ1v) is 7.77. The number of hydrogen-bond acceptors (Lipinski definition) is 2. The number of rotatable bonds is 4. The Kier molecular flexibility index (Phi) is 4.02. The smallest absolute Gasteiger partial charge is 0.0707 e. The van der Waals surface area contributed by atoms with Gasteiger partial charge in [-0.05, 0) is 56.2 Å². The highest BCUT2D eigenvalue weighted by atomic mass is 16.3. The average molecular weight is 269 g/mol. The van der Waals surface area contributed by atoms with Crippen molar-refractivity contribution in [3.8, 4) is 0 Å². The average Bonchev–Trinajstić information content (AvgIpc) is 2.98. The molecule has 0 aliphatic heterocycles. The Bertz CT molecular complexity index is 587. The second-order valence-electron chi connectivity index (χ2n) is 6.09. The lowest BCUT2D eigenvalue weighted by Gasteiger charge is -2.18. The van der Waals surface area contributed by atoms with E-state index in [0.29, 0.717) is 5.92 Å². The minimum Gasteiger partial charge on any atom is -0.393 e. The van der Waals surface area contributed by atoms with Crippen molar-refractivity contribution in [1.82, 2.24) is 4.98 Å². The molecule has 0 saturated heterocycles. The van der Waals surface area contributed by atoms with Crippen molar-refractivity contribution in [2.75, 3.05) is 0 Å². The number of hydrogen-bond donors (Lipinski definition) is 1. The predicted molar refractivity (Wildman–Crippen MR) is 82.8 cm³/mol. The predicted octanol–water partition coefficient (Wildman–Crippen LogP) is 4.03. The van der Waals surface area contributed by atoms with Crippen LogP contribution in [0.1, 0.15) is 43.4 Å². The normalized spacial score (nSPS) is 17.7. The van der Waals surface area contributed by atoms with Gasteiger partial charge in [0.15, 0.2) is 0 Å². The topological polar surface area (TPSA) is 33.1 Å². The van der Waals surface area contributed by atoms with Crippen molar-refractivity contribution in [3.63, 3.8) is 0 Å². The van der Waals surface area contributed by atoms with Crippen LogP contribution in [0.5, 0.6) is 0 Å². The third-order valence-electron chi connectivity index (χ3n) is 4.58. The Hall–Kier alpha value is -1.41. The molecule has 1 aromatic heterocycles. The van der Waals surface area contributed by atoms with Crippen LogP contribution in [-0.4, -0.2) is 16.2 Å². The van der Waals surface area contributed by atoms with Crippen molar-refractivity contribution >= 4 is 10.9 Å². The van der Waals surface area contributed by atoms with Crippen LogP contribution in [0.2, 0.25) is 0 Å². The number of aromatic nitrogens is 1. The van der Waals surface area contributed by atoms with Crippen LogP contribution < -0.4 is 0 Å². The summed E-state index contributed by atoms with van der Waals surface area (Å²) in [5.74, 6) is 0.532. The molecule has 1 N–H and O–H groups in total. The van der Waals surface area contributed by atoms with Crippen molar-refractivity contribution < 1.29 is 5.11 Å². The fourth-order valence-electron chi connectivity index (χ4n) is 3.48. The molecule has 1 aromatic carbocycles. The van der Waals surface area contributed by atoms with E-state index in [1.807, 2.05) is 13.0 Å². The highest BCUT2D eigenvalue weighted by Gasteiger charge is 2.22. The summed E-state index contributed by atoms with van der Waals surface area (Å²) in [6.07, 6.45) is 6.68. The molecule has 0 bridgehead atoms. The van der Waals surface area contributed by atoms with Crippen LogP contribution in [0.4, 0.5) is 0 Å². The zero-order chi connectivity index (χ0) is 13.9. The van der Waals surface area contributed by atoms with Gasteiger partial charge >= 0.3 is 0 Å². The van der Waals surface area contributed by atoms with Gasteiger partial charge in [-0.2, -0.15) is 0 Å². The van der Waals surface area contributed by atoms with E-state index < -0.39 is 0 Å². The first-order valence-electron chi connectivity index (χ1n) is 7.77. The van der Waals surface area contributed by atoms with Gasteiger partial charge in [0.2, 0.25) is 0 Å². The zero-order valence-corrected chi connectivity index (χ0v) is 12.2. The molecule has 20 heavy (non-hydrogen) atoms. The molecule has 1 saturated carbocycles. The van der Waals surface area contributed by atoms with E-state index in [9.17, 15) is 5.11 Å². The summed E-state index contributed by atoms with van der Waals surface area (Å²) in [5, 5.41) is 11.6. The summed E-state index contributed by atoms with van der Waals surface area (Å²) < 4.78 is 0. The molecule has 1 heterocycles. The minimum absolute atomic E-state index is 0.135. The van der Waals surface area contributed by atoms with Gasteiger partial charge in [0.1, 0.15) is 0 Å². The van der Waals surface area contributed by atoms with E-state index in [2.05, 4.69) is 29.2 Å². The second kappa shape index (κ2) is 5.92. The molecule has 0 spiro atoms. The number of fused-ring (bicyclic) bond motifs is 1. The lowest BCUT2D eigenvalue weighted by Crippen LogP contribution is -2.18. The van der Waals surface area contributed by atoms with Gasteiger partial charge in [-0.1, -0.05) is 31.0 Å². The van der Waals surface area contributed by atoms with Crippen LogP contribution in [0.3, 0.4) is 0 Å². The van der Waals surface area contributed by atoms with E-state index in [4.69, 9.17) is 0 Å². The number of aryl methyl sites for hydroxylation is 2. The van der Waals surface area contributed by atoms with E-state index in [-0.39, 0.29) is 6.10 Å². The van der Waals surface area contributed by atoms with Crippen LogP contribution in [0.25, 0.3) is 10.9 Å². The Balaban J connectivity index is 1.76. The molecule has 3 rings (SSSR count). The number of aliphatic hydroxyl groups excluding tert-OH is 1. The lowest BCUT2D eigenvalue weighted by molar-refractivity contribution is 0.102. The van der Waals surface area contributed by atoms with E-state index in [1.165, 1.54) is 36.6 Å². The molecule has 0 amide bonds. The standard InChI is InChI=1S/C18H23NO/c1-13-12-15(16-8-4-5-9-17(16)19-13)10-11-18(20)14-6-2-3-7-14/h4-5,8-9,12,14,18,20H,2-3,6-7,10-11H2,1H3. The molecule has 1 aliphatic carbocycles. The van der Waals surface area contributed by atoms with E-state index in [1.54, 1.807) is 0 Å². The summed E-state index contributed by atoms with van der Waals surface area (Å²) in [4.78, 5) is 4.58. The summed E-state index contributed by atoms with van der Waals surface area (Å²) in [6, 6.07) is 10.5. The van der Waals surface area contributed by atoms with Crippen molar-refractivity contribution in [2.45, 2.75) is 51.6 Å². The third kappa shape index (κ3) is 2.85. The van der Waals surface area contributed by atoms with Gasteiger partial charge in [0.25, 0.3) is 0 Å². The Morgan fingerprint density at radius 1 is 1.25 bits per heavy atom. The fourth-order valence-corrected chi connectivity index (χ4v) is 3.48. The molecular formula is C18H23NO. The quantitative estimate of drug-likeness (QED) is 0.909. The second-order valence-corrected chi connectivity index (χ2v) is 6.09. The molecule has 1 aliphatic rings. The molecule has 106 valence electrons. The van der Waals surface area contributed by atoms with Crippen LogP contribution >= 0.6 is 0 Å². The van der Waals surface area contributed by atoms with Crippen molar-refractivity contribution in [3.05, 3.63) is 41.6 Å². The van der Waals surface area contributed by atoms with Gasteiger partial charge < -0.3 is 5.11 Å². The number of aliphatic hydroxyl groups is 1. The number of para-hydroxylation sites is 1. The molecule has 1 atom stereocenters. The highest BCUT2D eigenvalue weighted by Crippen LogP contribution is 2.30. The Morgan fingerprint density at radius 2 is 2.00 bits per heavy atom. The van der Waals surface area contributed by atoms with Gasteiger partial charge in [0, 0.05) is 11.1 Å². The van der Waals surface area contributed by atoms with Crippen molar-refractivity contribution in [2.24, 2.45) is 5.92 Å². The first kappa shape index (κ1) is 13.6. The van der Waals surface area contributed by atoms with E-state index in [0.717, 1.165) is 24.1 Å². The van der Waals surface area contributed by atoms with Crippen LogP contribution in [0, 0.1) is 12.8 Å². The molecule has 2 nitrogen and oxygen atoms in total. The number of pyridine rings is 1. The van der Waals surface area contributed by atoms with Gasteiger partial charge in [-0.25, -0.2) is 0 Å². The SMILES string of the molecule is Cc1cc(CCC(O)C2CCCC2)c2ccccc2n1. The minimum atomic E-state index is -0.135. The van der Waals surface area contributed by atoms with Gasteiger partial charge in [-0.15, -0.1) is 0 Å². The third-order valence-corrected chi connectivity index (χ3v) is 4.58. The van der Waals surface area contributed by atoms with Gasteiger partial charge in [0.05, 0.1) is 11.6 Å². The number of nitrogens with zero attached hydrogens (tertiary/aromatic N) is 1. The Morgan fingerprint density at radius 3 is 2.80 bits per heavy atom. The summed E-state index contributed by atoms with van der Waals surface area (Å²) >= 11 is 0. The molecular weight excluding hydrogens is 246 g/mol. The fraction of sp³-hybridized carbons (Fsp3) is 0.500. The summed E-state index contributed by atoms with van der Waals surface area (Å²) in [7, 11) is 0. The van der Waals surface area contributed by atoms with Crippen LogP contribution in [0.15, 0.2) is 30.3 Å². The Labute approximate surface area is 120 Å². The maximum Gasteiger partial charge on any atom is 0.0707 e. The largest absolute Gasteiger partial charge is 0.393 e. The summed E-state index contributed by atoms with van der Waals surface area (Å²) in [5.41, 5.74) is 3.46. The monoisotopic (exact) mass is 269 g/mol. The zero-order valence-electron chi connectivity index (χ0n) is 12.2. The molecule has 2 aromatic rings. The van der Waals surface area contributed by atoms with Crippen LogP contribution in [-0.2, 0) is 6.42 Å². The lowest BCUT2D eigenvalue weighted by atomic mass is 9.94. The van der Waals surface area contributed by atoms with Crippen molar-refractivity contribution in [1.29, 1.82) is 0 Å². The van der Waals surface area contributed by atoms with Gasteiger partial charge in [-0.3, -0.25) is 4.98 Å².